The Morgan fingerprint density at radius 1 is 1.28 bits per heavy atom. The highest BCUT2D eigenvalue weighted by Crippen LogP contribution is 2.10. The standard InChI is InChI=1S/C14H23N3O/c1-3-15-12-14(18)16-10-7-11-17(2)13-8-5-4-6-9-13/h4-6,8-9,15H,3,7,10-12H2,1-2H3,(H,16,18). The van der Waals surface area contributed by atoms with Crippen molar-refractivity contribution in [2.24, 2.45) is 0 Å². The van der Waals surface area contributed by atoms with E-state index in [4.69, 9.17) is 0 Å². The number of amides is 1. The van der Waals surface area contributed by atoms with E-state index in [1.807, 2.05) is 25.1 Å². The summed E-state index contributed by atoms with van der Waals surface area (Å²) in [7, 11) is 2.07. The molecule has 1 rings (SSSR count). The number of hydrogen-bond acceptors (Lipinski definition) is 3. The molecule has 0 atom stereocenters. The lowest BCUT2D eigenvalue weighted by Gasteiger charge is -2.19. The minimum Gasteiger partial charge on any atom is -0.375 e. The Hall–Kier alpha value is -1.55. The van der Waals surface area contributed by atoms with Crippen LogP contribution in [0.1, 0.15) is 13.3 Å². The van der Waals surface area contributed by atoms with E-state index in [1.165, 1.54) is 5.69 Å². The van der Waals surface area contributed by atoms with Crippen molar-refractivity contribution in [1.29, 1.82) is 0 Å². The summed E-state index contributed by atoms with van der Waals surface area (Å²) in [5.74, 6) is 0.0687. The van der Waals surface area contributed by atoms with Crippen LogP contribution >= 0.6 is 0 Å². The van der Waals surface area contributed by atoms with Gasteiger partial charge in [-0.2, -0.15) is 0 Å². The van der Waals surface area contributed by atoms with Crippen LogP contribution in [-0.4, -0.2) is 39.1 Å². The van der Waals surface area contributed by atoms with Crippen molar-refractivity contribution in [3.63, 3.8) is 0 Å². The Kier molecular flexibility index (Phi) is 6.87. The molecule has 0 spiro atoms. The maximum absolute atomic E-state index is 11.3. The van der Waals surface area contributed by atoms with E-state index in [0.717, 1.165) is 26.1 Å². The highest BCUT2D eigenvalue weighted by molar-refractivity contribution is 5.77. The number of nitrogens with zero attached hydrogens (tertiary/aromatic N) is 1. The minimum absolute atomic E-state index is 0.0687. The van der Waals surface area contributed by atoms with Crippen LogP contribution in [0.4, 0.5) is 5.69 Å². The zero-order chi connectivity index (χ0) is 13.2. The minimum atomic E-state index is 0.0687. The summed E-state index contributed by atoms with van der Waals surface area (Å²) in [6.45, 7) is 4.88. The van der Waals surface area contributed by atoms with E-state index in [0.29, 0.717) is 6.54 Å². The largest absolute Gasteiger partial charge is 0.375 e. The van der Waals surface area contributed by atoms with Gasteiger partial charge in [0.05, 0.1) is 6.54 Å². The van der Waals surface area contributed by atoms with Gasteiger partial charge in [0.1, 0.15) is 0 Å². The fourth-order valence-electron chi connectivity index (χ4n) is 1.66. The summed E-state index contributed by atoms with van der Waals surface area (Å²) in [5.41, 5.74) is 1.21. The Balaban J connectivity index is 2.13. The van der Waals surface area contributed by atoms with Crippen molar-refractivity contribution in [3.8, 4) is 0 Å². The average molecular weight is 249 g/mol. The van der Waals surface area contributed by atoms with Gasteiger partial charge in [0.25, 0.3) is 0 Å². The molecule has 18 heavy (non-hydrogen) atoms. The van der Waals surface area contributed by atoms with Crippen LogP contribution in [0.25, 0.3) is 0 Å². The first-order valence-electron chi connectivity index (χ1n) is 6.47. The lowest BCUT2D eigenvalue weighted by molar-refractivity contribution is -0.120. The lowest BCUT2D eigenvalue weighted by atomic mass is 10.3. The van der Waals surface area contributed by atoms with Gasteiger partial charge in [-0.15, -0.1) is 0 Å². The average Bonchev–Trinajstić information content (AvgIpc) is 2.42. The first kappa shape index (κ1) is 14.5. The molecule has 2 N–H and O–H groups in total. The predicted molar refractivity (Wildman–Crippen MR) is 75.9 cm³/mol. The van der Waals surface area contributed by atoms with Gasteiger partial charge in [0.2, 0.25) is 5.91 Å². The van der Waals surface area contributed by atoms with E-state index in [-0.39, 0.29) is 5.91 Å². The quantitative estimate of drug-likeness (QED) is 0.681. The summed E-state index contributed by atoms with van der Waals surface area (Å²) >= 11 is 0. The molecule has 0 aliphatic rings. The van der Waals surface area contributed by atoms with Crippen LogP contribution in [0, 0.1) is 0 Å². The topological polar surface area (TPSA) is 44.4 Å². The molecular weight excluding hydrogens is 226 g/mol. The summed E-state index contributed by atoms with van der Waals surface area (Å²) < 4.78 is 0. The molecule has 0 unspecified atom stereocenters. The molecule has 1 amide bonds. The fraction of sp³-hybridized carbons (Fsp3) is 0.500. The molecule has 0 aliphatic heterocycles. The summed E-state index contributed by atoms with van der Waals surface area (Å²) in [6, 6.07) is 10.2. The number of hydrogen-bond donors (Lipinski definition) is 2. The SMILES string of the molecule is CCNCC(=O)NCCCN(C)c1ccccc1. The van der Waals surface area contributed by atoms with Gasteiger partial charge in [-0.3, -0.25) is 4.79 Å². The third-order valence-electron chi connectivity index (χ3n) is 2.72. The second-order valence-electron chi connectivity index (χ2n) is 4.24. The molecule has 4 nitrogen and oxygen atoms in total. The van der Waals surface area contributed by atoms with Crippen molar-refractivity contribution < 1.29 is 4.79 Å². The van der Waals surface area contributed by atoms with E-state index in [9.17, 15) is 4.79 Å². The zero-order valence-corrected chi connectivity index (χ0v) is 11.3. The summed E-state index contributed by atoms with van der Waals surface area (Å²) in [6.07, 6.45) is 0.948. The molecule has 0 saturated heterocycles. The fourth-order valence-corrected chi connectivity index (χ4v) is 1.66. The third-order valence-corrected chi connectivity index (χ3v) is 2.72. The van der Waals surface area contributed by atoms with Crippen molar-refractivity contribution in [3.05, 3.63) is 30.3 Å². The lowest BCUT2D eigenvalue weighted by Crippen LogP contribution is -2.35. The Morgan fingerprint density at radius 2 is 2.00 bits per heavy atom. The van der Waals surface area contributed by atoms with Crippen molar-refractivity contribution in [2.75, 3.05) is 38.1 Å². The summed E-state index contributed by atoms with van der Waals surface area (Å²) in [5, 5.41) is 5.90. The van der Waals surface area contributed by atoms with Crippen LogP contribution in [-0.2, 0) is 4.79 Å². The van der Waals surface area contributed by atoms with Gasteiger partial charge in [0, 0.05) is 25.8 Å². The van der Waals surface area contributed by atoms with E-state index < -0.39 is 0 Å². The van der Waals surface area contributed by atoms with Gasteiger partial charge in [-0.25, -0.2) is 0 Å². The van der Waals surface area contributed by atoms with Crippen molar-refractivity contribution in [1.82, 2.24) is 10.6 Å². The first-order valence-corrected chi connectivity index (χ1v) is 6.47. The van der Waals surface area contributed by atoms with Gasteiger partial charge < -0.3 is 15.5 Å². The van der Waals surface area contributed by atoms with Crippen LogP contribution in [0.3, 0.4) is 0 Å². The molecule has 0 radical (unpaired) electrons. The van der Waals surface area contributed by atoms with Crippen LogP contribution in [0.15, 0.2) is 30.3 Å². The second kappa shape index (κ2) is 8.53. The molecule has 0 heterocycles. The van der Waals surface area contributed by atoms with Gasteiger partial charge in [-0.1, -0.05) is 25.1 Å². The monoisotopic (exact) mass is 249 g/mol. The maximum atomic E-state index is 11.3. The molecule has 4 heteroatoms. The number of likely N-dealkylation sites (N-methyl/N-ethyl adjacent to an activating group) is 1. The summed E-state index contributed by atoms with van der Waals surface area (Å²) in [4.78, 5) is 13.5. The van der Waals surface area contributed by atoms with Gasteiger partial charge >= 0.3 is 0 Å². The Labute approximate surface area is 109 Å². The van der Waals surface area contributed by atoms with Crippen LogP contribution < -0.4 is 15.5 Å². The number of rotatable bonds is 8. The van der Waals surface area contributed by atoms with E-state index >= 15 is 0 Å². The molecule has 0 saturated carbocycles. The Morgan fingerprint density at radius 3 is 2.67 bits per heavy atom. The number of benzene rings is 1. The first-order chi connectivity index (χ1) is 8.74. The third kappa shape index (κ3) is 5.68. The number of anilines is 1. The van der Waals surface area contributed by atoms with Crippen LogP contribution in [0.2, 0.25) is 0 Å². The molecule has 0 aliphatic carbocycles. The smallest absolute Gasteiger partial charge is 0.233 e. The van der Waals surface area contributed by atoms with E-state index in [2.05, 4.69) is 34.7 Å². The molecule has 1 aromatic carbocycles. The molecule has 0 aromatic heterocycles. The highest BCUT2D eigenvalue weighted by atomic mass is 16.1. The van der Waals surface area contributed by atoms with Crippen molar-refractivity contribution >= 4 is 11.6 Å². The van der Waals surface area contributed by atoms with E-state index in [1.54, 1.807) is 0 Å². The second-order valence-corrected chi connectivity index (χ2v) is 4.24. The van der Waals surface area contributed by atoms with Crippen molar-refractivity contribution in [2.45, 2.75) is 13.3 Å². The molecule has 0 bridgehead atoms. The van der Waals surface area contributed by atoms with Gasteiger partial charge in [-0.05, 0) is 25.1 Å². The molecular formula is C14H23N3O. The zero-order valence-electron chi connectivity index (χ0n) is 11.3. The number of nitrogens with one attached hydrogen (secondary N) is 2. The van der Waals surface area contributed by atoms with Gasteiger partial charge in [0.15, 0.2) is 0 Å². The van der Waals surface area contributed by atoms with Crippen LogP contribution in [0.5, 0.6) is 0 Å². The molecule has 1 aromatic rings. The molecule has 100 valence electrons. The normalized spacial score (nSPS) is 10.1. The Bertz CT molecular complexity index is 340. The number of carbonyl (C=O) groups is 1. The maximum Gasteiger partial charge on any atom is 0.233 e. The highest BCUT2D eigenvalue weighted by Gasteiger charge is 2.01. The predicted octanol–water partition coefficient (Wildman–Crippen LogP) is 1.24. The number of carbonyl (C=O) groups excluding carboxylic acids is 1. The number of para-hydroxylation sites is 1. The molecule has 0 fully saturated rings.